The first kappa shape index (κ1) is 17.2. The molecule has 0 saturated heterocycles. The molecule has 0 unspecified atom stereocenters. The average Bonchev–Trinajstić information content (AvgIpc) is 3.31. The van der Waals surface area contributed by atoms with E-state index in [-0.39, 0.29) is 29.2 Å². The average molecular weight is 366 g/mol. The SMILES string of the molecule is O=C(Nc1ccccc1F)c1nc(C(=O)NC2CCCC2)n2ccccc12. The van der Waals surface area contributed by atoms with Crippen molar-refractivity contribution < 1.29 is 14.0 Å². The second kappa shape index (κ2) is 7.19. The first-order valence-electron chi connectivity index (χ1n) is 8.97. The second-order valence-corrected chi connectivity index (χ2v) is 6.63. The van der Waals surface area contributed by atoms with Gasteiger partial charge in [0.2, 0.25) is 5.82 Å². The van der Waals surface area contributed by atoms with Crippen molar-refractivity contribution in [3.8, 4) is 0 Å². The zero-order valence-corrected chi connectivity index (χ0v) is 14.6. The van der Waals surface area contributed by atoms with E-state index in [9.17, 15) is 14.0 Å². The summed E-state index contributed by atoms with van der Waals surface area (Å²) < 4.78 is 15.4. The molecule has 138 valence electrons. The number of rotatable bonds is 4. The number of hydrogen-bond acceptors (Lipinski definition) is 3. The zero-order chi connectivity index (χ0) is 18.8. The van der Waals surface area contributed by atoms with Crippen molar-refractivity contribution in [1.82, 2.24) is 14.7 Å². The van der Waals surface area contributed by atoms with E-state index in [2.05, 4.69) is 15.6 Å². The molecule has 2 N–H and O–H groups in total. The fourth-order valence-electron chi connectivity index (χ4n) is 3.43. The van der Waals surface area contributed by atoms with Gasteiger partial charge in [0.15, 0.2) is 5.69 Å². The molecule has 0 radical (unpaired) electrons. The Labute approximate surface area is 155 Å². The summed E-state index contributed by atoms with van der Waals surface area (Å²) >= 11 is 0. The fraction of sp³-hybridized carbons (Fsp3) is 0.250. The molecule has 27 heavy (non-hydrogen) atoms. The van der Waals surface area contributed by atoms with Gasteiger partial charge in [-0.15, -0.1) is 0 Å². The molecule has 1 aromatic carbocycles. The van der Waals surface area contributed by atoms with Crippen LogP contribution in [0.3, 0.4) is 0 Å². The smallest absolute Gasteiger partial charge is 0.287 e. The van der Waals surface area contributed by atoms with E-state index < -0.39 is 11.7 Å². The van der Waals surface area contributed by atoms with Gasteiger partial charge in [0.05, 0.1) is 11.2 Å². The molecular formula is C20H19FN4O2. The van der Waals surface area contributed by atoms with Crippen LogP contribution >= 0.6 is 0 Å². The number of benzene rings is 1. The van der Waals surface area contributed by atoms with E-state index in [1.807, 2.05) is 0 Å². The number of carbonyl (C=O) groups is 2. The highest BCUT2D eigenvalue weighted by molar-refractivity contribution is 6.09. The van der Waals surface area contributed by atoms with Crippen molar-refractivity contribution in [3.05, 3.63) is 66.0 Å². The standard InChI is InChI=1S/C20H19FN4O2/c21-14-9-3-4-10-15(14)23-19(26)17-16-11-5-6-12-25(16)18(24-17)20(27)22-13-7-1-2-8-13/h3-6,9-13H,1-2,7-8H2,(H,22,27)(H,23,26). The maximum absolute atomic E-state index is 13.8. The number of aromatic nitrogens is 2. The number of imidazole rings is 1. The third-order valence-electron chi connectivity index (χ3n) is 4.78. The zero-order valence-electron chi connectivity index (χ0n) is 14.6. The lowest BCUT2D eigenvalue weighted by atomic mass is 10.2. The number of pyridine rings is 1. The van der Waals surface area contributed by atoms with Crippen LogP contribution in [0, 0.1) is 5.82 Å². The molecule has 1 aliphatic rings. The molecule has 1 saturated carbocycles. The van der Waals surface area contributed by atoms with E-state index in [1.54, 1.807) is 40.9 Å². The molecule has 1 fully saturated rings. The van der Waals surface area contributed by atoms with Gasteiger partial charge in [0.1, 0.15) is 5.82 Å². The van der Waals surface area contributed by atoms with Crippen LogP contribution in [-0.2, 0) is 0 Å². The minimum Gasteiger partial charge on any atom is -0.347 e. The van der Waals surface area contributed by atoms with Gasteiger partial charge in [-0.05, 0) is 37.1 Å². The van der Waals surface area contributed by atoms with Gasteiger partial charge in [-0.1, -0.05) is 31.0 Å². The van der Waals surface area contributed by atoms with E-state index in [1.165, 1.54) is 12.1 Å². The summed E-state index contributed by atoms with van der Waals surface area (Å²) in [6, 6.07) is 11.3. The molecule has 6 nitrogen and oxygen atoms in total. The Morgan fingerprint density at radius 3 is 2.56 bits per heavy atom. The summed E-state index contributed by atoms with van der Waals surface area (Å²) in [6.45, 7) is 0. The largest absolute Gasteiger partial charge is 0.347 e. The van der Waals surface area contributed by atoms with Gasteiger partial charge in [-0.3, -0.25) is 14.0 Å². The fourth-order valence-corrected chi connectivity index (χ4v) is 3.43. The summed E-state index contributed by atoms with van der Waals surface area (Å²) in [7, 11) is 0. The van der Waals surface area contributed by atoms with Gasteiger partial charge < -0.3 is 10.6 Å². The van der Waals surface area contributed by atoms with Gasteiger partial charge in [-0.2, -0.15) is 0 Å². The predicted molar refractivity (Wildman–Crippen MR) is 99.3 cm³/mol. The van der Waals surface area contributed by atoms with E-state index >= 15 is 0 Å². The number of anilines is 1. The highest BCUT2D eigenvalue weighted by atomic mass is 19.1. The van der Waals surface area contributed by atoms with E-state index in [0.29, 0.717) is 5.52 Å². The van der Waals surface area contributed by atoms with Crippen molar-refractivity contribution in [2.75, 3.05) is 5.32 Å². The molecular weight excluding hydrogens is 347 g/mol. The Kier molecular flexibility index (Phi) is 4.58. The van der Waals surface area contributed by atoms with Crippen LogP contribution in [0.1, 0.15) is 46.8 Å². The summed E-state index contributed by atoms with van der Waals surface area (Å²) in [5.41, 5.74) is 0.634. The maximum atomic E-state index is 13.8. The lowest BCUT2D eigenvalue weighted by Gasteiger charge is -2.10. The first-order chi connectivity index (χ1) is 13.1. The third kappa shape index (κ3) is 3.40. The molecule has 1 aliphatic carbocycles. The molecule has 0 atom stereocenters. The van der Waals surface area contributed by atoms with Crippen LogP contribution in [0.4, 0.5) is 10.1 Å². The summed E-state index contributed by atoms with van der Waals surface area (Å²) in [5, 5.41) is 5.51. The number of para-hydroxylation sites is 1. The lowest BCUT2D eigenvalue weighted by molar-refractivity contribution is 0.0926. The van der Waals surface area contributed by atoms with Crippen molar-refractivity contribution in [1.29, 1.82) is 0 Å². The topological polar surface area (TPSA) is 75.5 Å². The maximum Gasteiger partial charge on any atom is 0.287 e. The number of nitrogens with one attached hydrogen (secondary N) is 2. The normalized spacial score (nSPS) is 14.4. The van der Waals surface area contributed by atoms with Gasteiger partial charge in [-0.25, -0.2) is 9.37 Å². The summed E-state index contributed by atoms with van der Waals surface area (Å²) in [4.78, 5) is 29.6. The van der Waals surface area contributed by atoms with E-state index in [0.717, 1.165) is 25.7 Å². The van der Waals surface area contributed by atoms with Crippen molar-refractivity contribution in [3.63, 3.8) is 0 Å². The minimum atomic E-state index is -0.566. The molecule has 0 bridgehead atoms. The Bertz CT molecular complexity index is 1010. The van der Waals surface area contributed by atoms with Crippen LogP contribution in [0.5, 0.6) is 0 Å². The number of nitrogens with zero attached hydrogens (tertiary/aromatic N) is 2. The quantitative estimate of drug-likeness (QED) is 0.743. The highest BCUT2D eigenvalue weighted by Gasteiger charge is 2.24. The number of amides is 2. The van der Waals surface area contributed by atoms with Crippen LogP contribution in [0.15, 0.2) is 48.7 Å². The van der Waals surface area contributed by atoms with E-state index in [4.69, 9.17) is 0 Å². The monoisotopic (exact) mass is 366 g/mol. The molecule has 2 amide bonds. The van der Waals surface area contributed by atoms with Gasteiger partial charge in [0, 0.05) is 12.2 Å². The Morgan fingerprint density at radius 2 is 1.78 bits per heavy atom. The van der Waals surface area contributed by atoms with Crippen LogP contribution in [0.25, 0.3) is 5.52 Å². The molecule has 3 aromatic rings. The van der Waals surface area contributed by atoms with Crippen LogP contribution in [0.2, 0.25) is 0 Å². The number of halogens is 1. The Balaban J connectivity index is 1.66. The minimum absolute atomic E-state index is 0.0662. The Hall–Kier alpha value is -3.22. The molecule has 2 heterocycles. The van der Waals surface area contributed by atoms with Crippen molar-refractivity contribution in [2.45, 2.75) is 31.7 Å². The summed E-state index contributed by atoms with van der Waals surface area (Å²) in [5.74, 6) is -1.26. The number of carbonyl (C=O) groups excluding carboxylic acids is 2. The molecule has 0 spiro atoms. The molecule has 2 aromatic heterocycles. The Morgan fingerprint density at radius 1 is 1.04 bits per heavy atom. The third-order valence-corrected chi connectivity index (χ3v) is 4.78. The number of fused-ring (bicyclic) bond motifs is 1. The first-order valence-corrected chi connectivity index (χ1v) is 8.97. The number of hydrogen-bond donors (Lipinski definition) is 2. The van der Waals surface area contributed by atoms with Crippen LogP contribution in [-0.4, -0.2) is 27.2 Å². The van der Waals surface area contributed by atoms with Crippen molar-refractivity contribution >= 4 is 23.0 Å². The molecule has 0 aliphatic heterocycles. The predicted octanol–water partition coefficient (Wildman–Crippen LogP) is 3.40. The van der Waals surface area contributed by atoms with Gasteiger partial charge >= 0.3 is 0 Å². The second-order valence-electron chi connectivity index (χ2n) is 6.63. The van der Waals surface area contributed by atoms with Crippen LogP contribution < -0.4 is 10.6 Å². The molecule has 4 rings (SSSR count). The lowest BCUT2D eigenvalue weighted by Crippen LogP contribution is -2.33. The van der Waals surface area contributed by atoms with Gasteiger partial charge in [0.25, 0.3) is 11.8 Å². The molecule has 7 heteroatoms. The highest BCUT2D eigenvalue weighted by Crippen LogP contribution is 2.20. The summed E-state index contributed by atoms with van der Waals surface area (Å²) in [6.07, 6.45) is 5.80. The van der Waals surface area contributed by atoms with Crippen molar-refractivity contribution in [2.24, 2.45) is 0 Å².